The molecule has 196 valence electrons. The number of aromatic nitrogens is 4. The molecule has 3 rings (SSSR count). The fourth-order valence-electron chi connectivity index (χ4n) is 3.58. The number of nitrogens with one attached hydrogen (secondary N) is 2. The summed E-state index contributed by atoms with van der Waals surface area (Å²) >= 11 is 0. The zero-order chi connectivity index (χ0) is 26.3. The molecule has 8 N–H and O–H groups in total. The van der Waals surface area contributed by atoms with Crippen LogP contribution >= 0.6 is 15.6 Å². The molecule has 1 aliphatic heterocycles. The van der Waals surface area contributed by atoms with Crippen LogP contribution in [0.25, 0.3) is 11.2 Å². The van der Waals surface area contributed by atoms with Crippen molar-refractivity contribution in [3.63, 3.8) is 0 Å². The van der Waals surface area contributed by atoms with Crippen LogP contribution in [0, 0.1) is 5.92 Å². The highest BCUT2D eigenvalue weighted by Gasteiger charge is 2.49. The first kappa shape index (κ1) is 27.2. The lowest BCUT2D eigenvalue weighted by atomic mass is 9.98. The van der Waals surface area contributed by atoms with E-state index in [1.54, 1.807) is 7.05 Å². The monoisotopic (exact) mass is 542 g/mol. The summed E-state index contributed by atoms with van der Waals surface area (Å²) in [6, 6.07) is -0.503. The molecule has 1 aliphatic rings. The third-order valence-electron chi connectivity index (χ3n) is 5.09. The number of nitrogens with zero attached hydrogens (tertiary/aromatic N) is 4. The number of H-pyrrole nitrogens is 1. The van der Waals surface area contributed by atoms with Gasteiger partial charge in [0.05, 0.1) is 19.8 Å². The summed E-state index contributed by atoms with van der Waals surface area (Å²) in [5, 5.41) is 13.6. The number of anilines is 1. The number of urea groups is 1. The van der Waals surface area contributed by atoms with Crippen LogP contribution in [0.3, 0.4) is 0 Å². The van der Waals surface area contributed by atoms with Gasteiger partial charge >= 0.3 is 27.3 Å². The second-order valence-electron chi connectivity index (χ2n) is 7.89. The number of rotatable bonds is 8. The van der Waals surface area contributed by atoms with E-state index in [0.29, 0.717) is 0 Å². The number of nitrogens with two attached hydrogens (primary N) is 1. The molecule has 2 aromatic rings. The van der Waals surface area contributed by atoms with Crippen LogP contribution in [0.15, 0.2) is 11.1 Å². The Hall–Kier alpha value is -2.40. The Balaban J connectivity index is 1.92. The van der Waals surface area contributed by atoms with Crippen molar-refractivity contribution in [3.05, 3.63) is 16.7 Å². The molecular formula is C15H26N7O11P2+. The van der Waals surface area contributed by atoms with Crippen LogP contribution in [0.4, 0.5) is 10.7 Å². The van der Waals surface area contributed by atoms with Crippen molar-refractivity contribution in [2.24, 2.45) is 13.0 Å². The first-order valence-corrected chi connectivity index (χ1v) is 12.9. The smallest absolute Gasteiger partial charge is 0.386 e. The predicted octanol–water partition coefficient (Wildman–Crippen LogP) is -2.50. The van der Waals surface area contributed by atoms with Gasteiger partial charge in [-0.1, -0.05) is 4.98 Å². The molecule has 2 amide bonds. The van der Waals surface area contributed by atoms with E-state index < -0.39 is 58.2 Å². The molecule has 0 radical (unpaired) electrons. The molecular weight excluding hydrogens is 516 g/mol. The molecule has 0 bridgehead atoms. The third kappa shape index (κ3) is 6.24. The molecule has 18 nitrogen and oxygen atoms in total. The molecule has 1 unspecified atom stereocenters. The second kappa shape index (κ2) is 9.93. The van der Waals surface area contributed by atoms with Crippen molar-refractivity contribution in [2.45, 2.75) is 18.4 Å². The average Bonchev–Trinajstić information content (AvgIpc) is 3.19. The van der Waals surface area contributed by atoms with Crippen molar-refractivity contribution in [2.75, 3.05) is 33.0 Å². The number of hydrogen-bond donors (Lipinski definition) is 7. The highest BCUT2D eigenvalue weighted by atomic mass is 31.3. The van der Waals surface area contributed by atoms with E-state index in [0.717, 1.165) is 0 Å². The SMILES string of the molecule is CN(C)C(=O)NC[C@H]1[C@@H](O)[C@H]([n+]2cn(C)c3c(=O)[nH]c(N)nc32)O[C@@H]1COP(=O)(O)OP(=O)(O)O. The molecule has 5 atom stereocenters. The number of fused-ring (bicyclic) bond motifs is 1. The molecule has 0 aromatic carbocycles. The number of aliphatic hydroxyl groups is 1. The van der Waals surface area contributed by atoms with Crippen LogP contribution in [0.5, 0.6) is 0 Å². The highest BCUT2D eigenvalue weighted by molar-refractivity contribution is 7.60. The fraction of sp³-hybridized carbons (Fsp3) is 0.600. The van der Waals surface area contributed by atoms with Crippen LogP contribution in [0.2, 0.25) is 0 Å². The van der Waals surface area contributed by atoms with Gasteiger partial charge in [-0.05, 0) is 0 Å². The number of imidazole rings is 1. The van der Waals surface area contributed by atoms with E-state index in [2.05, 4.69) is 24.1 Å². The van der Waals surface area contributed by atoms with Crippen molar-refractivity contribution < 1.29 is 51.8 Å². The number of phosphoric ester groups is 1. The lowest BCUT2D eigenvalue weighted by molar-refractivity contribution is -0.745. The number of nitrogen functional groups attached to an aromatic ring is 1. The quantitative estimate of drug-likeness (QED) is 0.135. The Morgan fingerprint density at radius 2 is 2.06 bits per heavy atom. The summed E-state index contributed by atoms with van der Waals surface area (Å²) < 4.78 is 39.8. The summed E-state index contributed by atoms with van der Waals surface area (Å²) in [5.41, 5.74) is 5.27. The fourth-order valence-corrected chi connectivity index (χ4v) is 5.18. The van der Waals surface area contributed by atoms with Crippen molar-refractivity contribution in [3.8, 4) is 0 Å². The number of hydrogen-bond acceptors (Lipinski definition) is 10. The highest BCUT2D eigenvalue weighted by Crippen LogP contribution is 2.57. The standard InChI is InChI=1S/C15H25N7O11P2/c1-20(2)15(25)17-4-7-8(5-31-35(29,30)33-34(26,27)28)32-13(10(7)23)22-6-21(3)9-11(22)18-14(16)19-12(9)24/h6-8,10,13,23H,4-5H2,1-3H3,(H6-,16,17,18,19,24,25,26,27,28,29,30)/p+1/t7-,8-,10-,13-/m1/s1. The van der Waals surface area contributed by atoms with Gasteiger partial charge in [0.2, 0.25) is 11.7 Å². The Kier molecular flexibility index (Phi) is 7.71. The summed E-state index contributed by atoms with van der Waals surface area (Å²) in [6.07, 6.45) is -2.36. The number of aliphatic hydroxyl groups excluding tert-OH is 1. The van der Waals surface area contributed by atoms with Crippen LogP contribution < -0.4 is 21.2 Å². The summed E-state index contributed by atoms with van der Waals surface area (Å²) in [7, 11) is -6.05. The Morgan fingerprint density at radius 1 is 1.40 bits per heavy atom. The van der Waals surface area contributed by atoms with Crippen LogP contribution in [-0.2, 0) is 29.7 Å². The van der Waals surface area contributed by atoms with Gasteiger partial charge in [0.15, 0.2) is 6.33 Å². The number of aromatic amines is 1. The normalized spacial score (nSPS) is 24.4. The molecule has 0 saturated carbocycles. The van der Waals surface area contributed by atoms with E-state index in [4.69, 9.17) is 20.3 Å². The van der Waals surface area contributed by atoms with Gasteiger partial charge in [-0.15, -0.1) is 0 Å². The topological polar surface area (TPSA) is 256 Å². The molecule has 20 heteroatoms. The number of phosphoric acid groups is 2. The second-order valence-corrected chi connectivity index (χ2v) is 10.7. The number of ether oxygens (including phenoxy) is 1. The Morgan fingerprint density at radius 3 is 2.66 bits per heavy atom. The molecule has 1 fully saturated rings. The maximum absolute atomic E-state index is 12.3. The number of amides is 2. The minimum absolute atomic E-state index is 0.0631. The summed E-state index contributed by atoms with van der Waals surface area (Å²) in [6.45, 7) is -0.940. The van der Waals surface area contributed by atoms with Crippen molar-refractivity contribution in [1.82, 2.24) is 24.8 Å². The van der Waals surface area contributed by atoms with Gasteiger partial charge in [0, 0.05) is 26.6 Å². The van der Waals surface area contributed by atoms with Crippen molar-refractivity contribution >= 4 is 38.8 Å². The first-order chi connectivity index (χ1) is 16.1. The van der Waals surface area contributed by atoms with E-state index in [1.165, 1.54) is 34.5 Å². The molecule has 35 heavy (non-hydrogen) atoms. The third-order valence-corrected chi connectivity index (χ3v) is 7.24. The van der Waals surface area contributed by atoms with E-state index in [1.807, 2.05) is 0 Å². The number of carbonyl (C=O) groups is 1. The molecule has 1 saturated heterocycles. The Labute approximate surface area is 197 Å². The number of aryl methyl sites for hydroxylation is 1. The molecule has 0 spiro atoms. The van der Waals surface area contributed by atoms with Gasteiger partial charge in [-0.3, -0.25) is 18.9 Å². The first-order valence-electron chi connectivity index (χ1n) is 9.88. The zero-order valence-electron chi connectivity index (χ0n) is 18.7. The minimum Gasteiger partial charge on any atom is -0.386 e. The Bertz CT molecular complexity index is 1260. The van der Waals surface area contributed by atoms with E-state index in [9.17, 15) is 28.7 Å². The van der Waals surface area contributed by atoms with E-state index >= 15 is 0 Å². The summed E-state index contributed by atoms with van der Waals surface area (Å²) in [4.78, 5) is 59.1. The predicted molar refractivity (Wildman–Crippen MR) is 115 cm³/mol. The van der Waals surface area contributed by atoms with Crippen LogP contribution in [-0.4, -0.2) is 84.7 Å². The van der Waals surface area contributed by atoms with E-state index in [-0.39, 0.29) is 23.7 Å². The molecule has 0 aliphatic carbocycles. The number of carbonyl (C=O) groups excluding carboxylic acids is 1. The lowest BCUT2D eigenvalue weighted by Gasteiger charge is -2.22. The maximum Gasteiger partial charge on any atom is 0.481 e. The van der Waals surface area contributed by atoms with Crippen molar-refractivity contribution in [1.29, 1.82) is 0 Å². The average molecular weight is 542 g/mol. The summed E-state index contributed by atoms with van der Waals surface area (Å²) in [5.74, 6) is -1.14. The maximum atomic E-state index is 12.3. The van der Waals surface area contributed by atoms with Gasteiger partial charge in [0.1, 0.15) is 6.10 Å². The van der Waals surface area contributed by atoms with Gasteiger partial charge in [-0.25, -0.2) is 18.5 Å². The molecule has 2 aromatic heterocycles. The lowest BCUT2D eigenvalue weighted by Crippen LogP contribution is -2.47. The zero-order valence-corrected chi connectivity index (χ0v) is 20.5. The minimum atomic E-state index is -5.36. The van der Waals surface area contributed by atoms with Crippen LogP contribution in [0.1, 0.15) is 6.23 Å². The van der Waals surface area contributed by atoms with Gasteiger partial charge < -0.3 is 40.5 Å². The largest absolute Gasteiger partial charge is 0.481 e. The van der Waals surface area contributed by atoms with Gasteiger partial charge in [-0.2, -0.15) is 4.31 Å². The molecule has 3 heterocycles. The van der Waals surface area contributed by atoms with Gasteiger partial charge in [0.25, 0.3) is 11.5 Å².